The second-order valence-electron chi connectivity index (χ2n) is 5.30. The first-order valence-electron chi connectivity index (χ1n) is 6.69. The van der Waals surface area contributed by atoms with Crippen LogP contribution in [0.1, 0.15) is 25.0 Å². The number of hydrogen-bond donors (Lipinski definition) is 1. The maximum atomic E-state index is 6.00. The summed E-state index contributed by atoms with van der Waals surface area (Å²) in [5, 5.41) is 0. The fourth-order valence-corrected chi connectivity index (χ4v) is 3.22. The summed E-state index contributed by atoms with van der Waals surface area (Å²) < 4.78 is 11.7. The van der Waals surface area contributed by atoms with E-state index < -0.39 is 0 Å². The molecule has 2 saturated heterocycles. The summed E-state index contributed by atoms with van der Waals surface area (Å²) in [6.45, 7) is 3.81. The minimum absolute atomic E-state index is 0.0146. The molecule has 5 heteroatoms. The van der Waals surface area contributed by atoms with Crippen LogP contribution >= 0.6 is 0 Å². The SMILES string of the molecule is CO[C@H]1CN(Cc2cnc[nH]2)CC[C@@]12CCCO2. The van der Waals surface area contributed by atoms with Crippen molar-refractivity contribution in [1.82, 2.24) is 14.9 Å². The third-order valence-electron chi connectivity index (χ3n) is 4.23. The van der Waals surface area contributed by atoms with Crippen LogP contribution in [0.3, 0.4) is 0 Å². The highest BCUT2D eigenvalue weighted by atomic mass is 16.5. The summed E-state index contributed by atoms with van der Waals surface area (Å²) >= 11 is 0. The molecular weight excluding hydrogens is 230 g/mol. The molecule has 0 aromatic carbocycles. The standard InChI is InChI=1S/C13H21N3O2/c1-17-12-9-16(8-11-7-14-10-15-11)5-4-13(12)3-2-6-18-13/h7,10,12H,2-6,8-9H2,1H3,(H,14,15)/t12-,13-/m0/s1. The van der Waals surface area contributed by atoms with Gasteiger partial charge in [0.15, 0.2) is 0 Å². The van der Waals surface area contributed by atoms with Crippen LogP contribution in [-0.4, -0.2) is 53.4 Å². The van der Waals surface area contributed by atoms with Crippen molar-refractivity contribution in [2.75, 3.05) is 26.8 Å². The number of hydrogen-bond acceptors (Lipinski definition) is 4. The van der Waals surface area contributed by atoms with Gasteiger partial charge in [0.1, 0.15) is 0 Å². The number of nitrogens with zero attached hydrogens (tertiary/aromatic N) is 2. The molecule has 0 amide bonds. The zero-order valence-electron chi connectivity index (χ0n) is 10.9. The Hall–Kier alpha value is -0.910. The van der Waals surface area contributed by atoms with Crippen molar-refractivity contribution >= 4 is 0 Å². The Balaban J connectivity index is 1.64. The number of H-pyrrole nitrogens is 1. The normalized spacial score (nSPS) is 33.3. The molecule has 18 heavy (non-hydrogen) atoms. The van der Waals surface area contributed by atoms with Crippen molar-refractivity contribution in [1.29, 1.82) is 0 Å². The zero-order valence-corrected chi connectivity index (χ0v) is 10.9. The molecular formula is C13H21N3O2. The molecule has 0 bridgehead atoms. The lowest BCUT2D eigenvalue weighted by molar-refractivity contribution is -0.143. The highest BCUT2D eigenvalue weighted by Gasteiger charge is 2.46. The summed E-state index contributed by atoms with van der Waals surface area (Å²) in [5.41, 5.74) is 1.15. The third kappa shape index (κ3) is 2.18. The molecule has 1 aromatic heterocycles. The quantitative estimate of drug-likeness (QED) is 0.876. The molecule has 0 unspecified atom stereocenters. The van der Waals surface area contributed by atoms with Gasteiger partial charge in [-0.2, -0.15) is 0 Å². The largest absolute Gasteiger partial charge is 0.377 e. The van der Waals surface area contributed by atoms with Crippen molar-refractivity contribution in [3.05, 3.63) is 18.2 Å². The van der Waals surface area contributed by atoms with Gasteiger partial charge in [0.05, 0.1) is 18.0 Å². The second-order valence-corrected chi connectivity index (χ2v) is 5.30. The van der Waals surface area contributed by atoms with Gasteiger partial charge in [-0.05, 0) is 19.3 Å². The molecule has 1 N–H and O–H groups in total. The van der Waals surface area contributed by atoms with Crippen molar-refractivity contribution in [2.45, 2.75) is 37.5 Å². The maximum absolute atomic E-state index is 6.00. The van der Waals surface area contributed by atoms with E-state index in [4.69, 9.17) is 9.47 Å². The van der Waals surface area contributed by atoms with Gasteiger partial charge in [-0.3, -0.25) is 4.90 Å². The van der Waals surface area contributed by atoms with Crippen LogP contribution in [0, 0.1) is 0 Å². The molecule has 5 nitrogen and oxygen atoms in total. The van der Waals surface area contributed by atoms with Crippen LogP contribution < -0.4 is 0 Å². The summed E-state index contributed by atoms with van der Waals surface area (Å²) in [7, 11) is 1.80. The predicted octanol–water partition coefficient (Wildman–Crippen LogP) is 1.18. The van der Waals surface area contributed by atoms with Gasteiger partial charge >= 0.3 is 0 Å². The van der Waals surface area contributed by atoms with Crippen LogP contribution in [0.15, 0.2) is 12.5 Å². The average molecular weight is 251 g/mol. The Morgan fingerprint density at radius 3 is 3.22 bits per heavy atom. The number of aromatic amines is 1. The average Bonchev–Trinajstić information content (AvgIpc) is 3.04. The molecule has 2 fully saturated rings. The fraction of sp³-hybridized carbons (Fsp3) is 0.769. The Bertz CT molecular complexity index is 374. The molecule has 2 atom stereocenters. The number of aromatic nitrogens is 2. The molecule has 100 valence electrons. The Kier molecular flexibility index (Phi) is 3.37. The molecule has 1 aromatic rings. The van der Waals surface area contributed by atoms with E-state index in [1.165, 1.54) is 6.42 Å². The molecule has 3 heterocycles. The number of nitrogens with one attached hydrogen (secondary N) is 1. The smallest absolute Gasteiger partial charge is 0.0987 e. The van der Waals surface area contributed by atoms with Gasteiger partial charge in [-0.1, -0.05) is 0 Å². The Morgan fingerprint density at radius 2 is 2.56 bits per heavy atom. The monoisotopic (exact) mass is 251 g/mol. The van der Waals surface area contributed by atoms with Gasteiger partial charge in [-0.15, -0.1) is 0 Å². The number of imidazole rings is 1. The molecule has 2 aliphatic rings. The number of methoxy groups -OCH3 is 1. The van der Waals surface area contributed by atoms with Crippen LogP contribution in [0.5, 0.6) is 0 Å². The highest BCUT2D eigenvalue weighted by Crippen LogP contribution is 2.37. The third-order valence-corrected chi connectivity index (χ3v) is 4.23. The zero-order chi connectivity index (χ0) is 12.4. The first-order valence-corrected chi connectivity index (χ1v) is 6.69. The Labute approximate surface area is 107 Å². The van der Waals surface area contributed by atoms with Crippen LogP contribution in [0.25, 0.3) is 0 Å². The fourth-order valence-electron chi connectivity index (χ4n) is 3.22. The molecule has 1 spiro atoms. The van der Waals surface area contributed by atoms with E-state index in [-0.39, 0.29) is 11.7 Å². The summed E-state index contributed by atoms with van der Waals surface area (Å²) in [4.78, 5) is 9.62. The molecule has 2 aliphatic heterocycles. The highest BCUT2D eigenvalue weighted by molar-refractivity contribution is 5.01. The van der Waals surface area contributed by atoms with Crippen molar-refractivity contribution in [3.63, 3.8) is 0 Å². The number of likely N-dealkylation sites (tertiary alicyclic amines) is 1. The number of ether oxygens (including phenoxy) is 2. The molecule has 0 radical (unpaired) electrons. The van der Waals surface area contributed by atoms with Crippen molar-refractivity contribution in [2.24, 2.45) is 0 Å². The maximum Gasteiger partial charge on any atom is 0.0987 e. The number of rotatable bonds is 3. The van der Waals surface area contributed by atoms with E-state index in [0.717, 1.165) is 44.8 Å². The summed E-state index contributed by atoms with van der Waals surface area (Å²) in [6, 6.07) is 0. The van der Waals surface area contributed by atoms with E-state index in [9.17, 15) is 0 Å². The van der Waals surface area contributed by atoms with Gasteiger partial charge in [-0.25, -0.2) is 4.98 Å². The van der Waals surface area contributed by atoms with Crippen molar-refractivity contribution < 1.29 is 9.47 Å². The van der Waals surface area contributed by atoms with Crippen LogP contribution in [0.2, 0.25) is 0 Å². The first-order chi connectivity index (χ1) is 8.82. The second kappa shape index (κ2) is 4.99. The van der Waals surface area contributed by atoms with Gasteiger partial charge in [0.2, 0.25) is 0 Å². The number of piperidine rings is 1. The predicted molar refractivity (Wildman–Crippen MR) is 67.2 cm³/mol. The lowest BCUT2D eigenvalue weighted by Gasteiger charge is -2.44. The van der Waals surface area contributed by atoms with Crippen LogP contribution in [0.4, 0.5) is 0 Å². The van der Waals surface area contributed by atoms with Gasteiger partial charge in [0.25, 0.3) is 0 Å². The van der Waals surface area contributed by atoms with Crippen LogP contribution in [-0.2, 0) is 16.0 Å². The summed E-state index contributed by atoms with van der Waals surface area (Å²) in [5.74, 6) is 0. The topological polar surface area (TPSA) is 50.4 Å². The Morgan fingerprint density at radius 1 is 1.61 bits per heavy atom. The van der Waals surface area contributed by atoms with Gasteiger partial charge in [0, 0.05) is 45.2 Å². The molecule has 0 saturated carbocycles. The van der Waals surface area contributed by atoms with Gasteiger partial charge < -0.3 is 14.5 Å². The van der Waals surface area contributed by atoms with E-state index in [1.807, 2.05) is 6.20 Å². The summed E-state index contributed by atoms with van der Waals surface area (Å²) in [6.07, 6.45) is 7.19. The minimum atomic E-state index is -0.0146. The molecule has 3 rings (SSSR count). The van der Waals surface area contributed by atoms with E-state index >= 15 is 0 Å². The van der Waals surface area contributed by atoms with E-state index in [1.54, 1.807) is 13.4 Å². The lowest BCUT2D eigenvalue weighted by atomic mass is 9.86. The lowest BCUT2D eigenvalue weighted by Crippen LogP contribution is -2.55. The van der Waals surface area contributed by atoms with E-state index in [0.29, 0.717) is 0 Å². The molecule has 0 aliphatic carbocycles. The van der Waals surface area contributed by atoms with E-state index in [2.05, 4.69) is 14.9 Å². The first kappa shape index (κ1) is 12.1. The van der Waals surface area contributed by atoms with Crippen molar-refractivity contribution in [3.8, 4) is 0 Å². The minimum Gasteiger partial charge on any atom is -0.377 e.